The Morgan fingerprint density at radius 1 is 1.12 bits per heavy atom. The number of benzene rings is 2. The first-order valence-electron chi connectivity index (χ1n) is 7.57. The van der Waals surface area contributed by atoms with Crippen molar-refractivity contribution in [3.05, 3.63) is 71.5 Å². The summed E-state index contributed by atoms with van der Waals surface area (Å²) in [7, 11) is 1.99. The van der Waals surface area contributed by atoms with Crippen molar-refractivity contribution >= 4 is 27.6 Å². The Kier molecular flexibility index (Phi) is 3.10. The van der Waals surface area contributed by atoms with Crippen LogP contribution in [0.25, 0.3) is 38.0 Å². The third-order valence-electron chi connectivity index (χ3n) is 4.31. The van der Waals surface area contributed by atoms with Gasteiger partial charge in [-0.15, -0.1) is 0 Å². The molecule has 0 aliphatic rings. The Balaban J connectivity index is 2.08. The number of fused-ring (bicyclic) bond motifs is 3. The molecule has 24 heavy (non-hydrogen) atoms. The van der Waals surface area contributed by atoms with Gasteiger partial charge >= 0.3 is 0 Å². The highest BCUT2D eigenvalue weighted by Crippen LogP contribution is 2.38. The summed E-state index contributed by atoms with van der Waals surface area (Å²) in [5.74, 6) is -0.424. The molecule has 4 aromatic rings. The Bertz CT molecular complexity index is 1150. The molecule has 2 aromatic heterocycles. The lowest BCUT2D eigenvalue weighted by atomic mass is 10.0. The monoisotopic (exact) mass is 317 g/mol. The number of hydrogen-bond acceptors (Lipinski definition) is 1. The standard InChI is InChI=1S/C20H14FN2O/c1-12-8-15-16-9-13(21)10-17(22-2)20(16)24-19(15)11-14(12)18-6-4-5-7-23(18)3/h4-11H,1,3H3/q+1. The van der Waals surface area contributed by atoms with Gasteiger partial charge in [0.25, 0.3) is 0 Å². The van der Waals surface area contributed by atoms with Crippen LogP contribution in [0.5, 0.6) is 0 Å². The number of furan rings is 1. The second-order valence-electron chi connectivity index (χ2n) is 5.88. The molecule has 0 saturated carbocycles. The zero-order chi connectivity index (χ0) is 16.8. The Morgan fingerprint density at radius 3 is 2.71 bits per heavy atom. The van der Waals surface area contributed by atoms with E-state index in [9.17, 15) is 4.39 Å². The number of rotatable bonds is 1. The van der Waals surface area contributed by atoms with E-state index < -0.39 is 5.82 Å². The van der Waals surface area contributed by atoms with Gasteiger partial charge < -0.3 is 4.42 Å². The highest BCUT2D eigenvalue weighted by molar-refractivity contribution is 6.10. The number of nitrogens with zero attached hydrogens (tertiary/aromatic N) is 2. The summed E-state index contributed by atoms with van der Waals surface area (Å²) in [6.07, 6.45) is 1.99. The summed E-state index contributed by atoms with van der Waals surface area (Å²) in [6, 6.07) is 12.6. The zero-order valence-electron chi connectivity index (χ0n) is 13.3. The predicted molar refractivity (Wildman–Crippen MR) is 91.3 cm³/mol. The van der Waals surface area contributed by atoms with Crippen LogP contribution in [-0.4, -0.2) is 0 Å². The van der Waals surface area contributed by atoms with Gasteiger partial charge in [0, 0.05) is 22.9 Å². The molecular weight excluding hydrogens is 303 g/mol. The average Bonchev–Trinajstić information content (AvgIpc) is 2.91. The Hall–Kier alpha value is -3.19. The molecule has 4 heteroatoms. The van der Waals surface area contributed by atoms with Crippen molar-refractivity contribution in [3.8, 4) is 11.3 Å². The molecule has 3 nitrogen and oxygen atoms in total. The lowest BCUT2D eigenvalue weighted by molar-refractivity contribution is -0.660. The molecule has 0 amide bonds. The summed E-state index contributed by atoms with van der Waals surface area (Å²) >= 11 is 0. The highest BCUT2D eigenvalue weighted by Gasteiger charge is 2.18. The third kappa shape index (κ3) is 2.06. The quantitative estimate of drug-likeness (QED) is 0.354. The molecule has 2 heterocycles. The van der Waals surface area contributed by atoms with E-state index in [1.54, 1.807) is 0 Å². The van der Waals surface area contributed by atoms with Crippen LogP contribution in [0, 0.1) is 19.3 Å². The number of aromatic nitrogens is 1. The molecule has 0 N–H and O–H groups in total. The zero-order valence-corrected chi connectivity index (χ0v) is 13.3. The number of aryl methyl sites for hydroxylation is 2. The SMILES string of the molecule is [C-]#[N+]c1cc(F)cc2c1oc1cc(-c3cccc[n+]3C)c(C)cc12. The largest absolute Gasteiger partial charge is 0.467 e. The van der Waals surface area contributed by atoms with E-state index >= 15 is 0 Å². The first kappa shape index (κ1) is 14.4. The van der Waals surface area contributed by atoms with E-state index in [2.05, 4.69) is 4.85 Å². The Morgan fingerprint density at radius 2 is 1.96 bits per heavy atom. The van der Waals surface area contributed by atoms with E-state index in [0.29, 0.717) is 16.6 Å². The topological polar surface area (TPSA) is 21.4 Å². The molecule has 0 bridgehead atoms. The molecule has 4 rings (SSSR count). The molecule has 0 unspecified atom stereocenters. The van der Waals surface area contributed by atoms with Crippen LogP contribution < -0.4 is 4.57 Å². The van der Waals surface area contributed by atoms with Crippen LogP contribution >= 0.6 is 0 Å². The van der Waals surface area contributed by atoms with Gasteiger partial charge in [0.2, 0.25) is 11.4 Å². The highest BCUT2D eigenvalue weighted by atomic mass is 19.1. The molecule has 0 fully saturated rings. The maximum Gasteiger partial charge on any atom is 0.232 e. The Labute approximate surface area is 138 Å². The van der Waals surface area contributed by atoms with Crippen LogP contribution in [0.15, 0.2) is 53.1 Å². The van der Waals surface area contributed by atoms with Crippen molar-refractivity contribution in [2.24, 2.45) is 7.05 Å². The second-order valence-corrected chi connectivity index (χ2v) is 5.88. The van der Waals surface area contributed by atoms with Gasteiger partial charge in [-0.25, -0.2) is 13.8 Å². The van der Waals surface area contributed by atoms with Crippen LogP contribution in [0.4, 0.5) is 10.1 Å². The summed E-state index contributed by atoms with van der Waals surface area (Å²) in [5, 5.41) is 1.47. The molecule has 0 saturated heterocycles. The van der Waals surface area contributed by atoms with Crippen molar-refractivity contribution in [2.45, 2.75) is 6.92 Å². The van der Waals surface area contributed by atoms with E-state index in [0.717, 1.165) is 22.2 Å². The van der Waals surface area contributed by atoms with Gasteiger partial charge in [0.1, 0.15) is 24.0 Å². The van der Waals surface area contributed by atoms with E-state index in [-0.39, 0.29) is 5.69 Å². The van der Waals surface area contributed by atoms with Gasteiger partial charge in [-0.3, -0.25) is 0 Å². The van der Waals surface area contributed by atoms with Crippen LogP contribution in [0.3, 0.4) is 0 Å². The predicted octanol–water partition coefficient (Wildman–Crippen LogP) is 5.08. The fourth-order valence-electron chi connectivity index (χ4n) is 3.14. The number of hydrogen-bond donors (Lipinski definition) is 0. The molecule has 0 spiro atoms. The van der Waals surface area contributed by atoms with E-state index in [1.165, 1.54) is 12.1 Å². The minimum absolute atomic E-state index is 0.200. The van der Waals surface area contributed by atoms with E-state index in [4.69, 9.17) is 11.0 Å². The lowest BCUT2D eigenvalue weighted by Gasteiger charge is -2.04. The molecular formula is C20H14FN2O+. The lowest BCUT2D eigenvalue weighted by Crippen LogP contribution is -2.30. The van der Waals surface area contributed by atoms with E-state index in [1.807, 2.05) is 55.1 Å². The van der Waals surface area contributed by atoms with Crippen molar-refractivity contribution < 1.29 is 13.4 Å². The van der Waals surface area contributed by atoms with Gasteiger partial charge in [0.15, 0.2) is 6.20 Å². The van der Waals surface area contributed by atoms with Crippen molar-refractivity contribution in [2.75, 3.05) is 0 Å². The average molecular weight is 317 g/mol. The molecule has 116 valence electrons. The first-order chi connectivity index (χ1) is 11.6. The molecule has 2 aromatic carbocycles. The maximum atomic E-state index is 13.8. The fourth-order valence-corrected chi connectivity index (χ4v) is 3.14. The molecule has 0 aliphatic heterocycles. The fraction of sp³-hybridized carbons (Fsp3) is 0.100. The minimum Gasteiger partial charge on any atom is -0.467 e. The summed E-state index contributed by atoms with van der Waals surface area (Å²) in [4.78, 5) is 3.38. The second kappa shape index (κ2) is 5.17. The molecule has 0 radical (unpaired) electrons. The molecule has 0 atom stereocenters. The van der Waals surface area contributed by atoms with Crippen LogP contribution in [-0.2, 0) is 7.05 Å². The summed E-state index contributed by atoms with van der Waals surface area (Å²) in [6.45, 7) is 9.26. The summed E-state index contributed by atoms with van der Waals surface area (Å²) < 4.78 is 21.7. The van der Waals surface area contributed by atoms with Crippen LogP contribution in [0.2, 0.25) is 0 Å². The maximum absolute atomic E-state index is 13.8. The van der Waals surface area contributed by atoms with Crippen molar-refractivity contribution in [1.82, 2.24) is 0 Å². The third-order valence-corrected chi connectivity index (χ3v) is 4.31. The van der Waals surface area contributed by atoms with Gasteiger partial charge in [-0.05, 0) is 42.8 Å². The smallest absolute Gasteiger partial charge is 0.232 e. The van der Waals surface area contributed by atoms with Gasteiger partial charge in [-0.1, -0.05) is 0 Å². The molecule has 0 aliphatic carbocycles. The summed E-state index contributed by atoms with van der Waals surface area (Å²) in [5.41, 5.74) is 4.48. The van der Waals surface area contributed by atoms with Crippen molar-refractivity contribution in [1.29, 1.82) is 0 Å². The number of pyridine rings is 1. The first-order valence-corrected chi connectivity index (χ1v) is 7.57. The van der Waals surface area contributed by atoms with Crippen molar-refractivity contribution in [3.63, 3.8) is 0 Å². The van der Waals surface area contributed by atoms with Crippen LogP contribution in [0.1, 0.15) is 5.56 Å². The normalized spacial score (nSPS) is 11.1. The number of halogens is 1. The minimum atomic E-state index is -0.424. The van der Waals surface area contributed by atoms with Gasteiger partial charge in [0.05, 0.1) is 12.1 Å². The van der Waals surface area contributed by atoms with Gasteiger partial charge in [-0.2, -0.15) is 0 Å².